The zero-order valence-corrected chi connectivity index (χ0v) is 13.8. The third kappa shape index (κ3) is 4.85. The van der Waals surface area contributed by atoms with Gasteiger partial charge in [-0.25, -0.2) is 4.79 Å². The van der Waals surface area contributed by atoms with Gasteiger partial charge in [0, 0.05) is 39.3 Å². The predicted octanol–water partition coefficient (Wildman–Crippen LogP) is 1.44. The maximum atomic E-state index is 12.6. The molecule has 0 aromatic rings. The number of hydrogen-bond donors (Lipinski definition) is 1. The fourth-order valence-corrected chi connectivity index (χ4v) is 3.26. The van der Waals surface area contributed by atoms with E-state index in [-0.39, 0.29) is 6.03 Å². The highest BCUT2D eigenvalue weighted by atomic mass is 16.2. The Hall–Kier alpha value is -0.810. The maximum absolute atomic E-state index is 12.6. The average Bonchev–Trinajstić information content (AvgIpc) is 2.73. The van der Waals surface area contributed by atoms with Crippen LogP contribution in [0.2, 0.25) is 0 Å². The monoisotopic (exact) mass is 296 g/mol. The van der Waals surface area contributed by atoms with Crippen LogP contribution in [0.4, 0.5) is 4.79 Å². The lowest BCUT2D eigenvalue weighted by molar-refractivity contribution is 0.135. The molecule has 0 aliphatic carbocycles. The number of piperidine rings is 1. The minimum atomic E-state index is 0.260. The topological polar surface area (TPSA) is 52.8 Å². The van der Waals surface area contributed by atoms with E-state index >= 15 is 0 Å². The molecule has 0 saturated carbocycles. The predicted molar refractivity (Wildman–Crippen MR) is 86.2 cm³/mol. The van der Waals surface area contributed by atoms with Crippen LogP contribution in [0.15, 0.2) is 0 Å². The van der Waals surface area contributed by atoms with Crippen molar-refractivity contribution in [3.63, 3.8) is 0 Å². The number of likely N-dealkylation sites (tertiary alicyclic amines) is 1. The van der Waals surface area contributed by atoms with E-state index in [0.717, 1.165) is 77.5 Å². The molecule has 5 nitrogen and oxygen atoms in total. The summed E-state index contributed by atoms with van der Waals surface area (Å²) >= 11 is 0. The fraction of sp³-hybridized carbons (Fsp3) is 0.938. The standard InChI is InChI=1S/C16H32N4O/c1-14-4-8-20(9-5-14)16(21)19-7-3-6-18(10-11-19)13-15(2)12-17/h14-15H,3-13,17H2,1-2H3. The van der Waals surface area contributed by atoms with Crippen molar-refractivity contribution in [3.05, 3.63) is 0 Å². The second-order valence-corrected chi connectivity index (χ2v) is 6.93. The van der Waals surface area contributed by atoms with Gasteiger partial charge in [0.2, 0.25) is 0 Å². The lowest BCUT2D eigenvalue weighted by Gasteiger charge is -2.34. The van der Waals surface area contributed by atoms with Crippen LogP contribution >= 0.6 is 0 Å². The molecule has 2 saturated heterocycles. The van der Waals surface area contributed by atoms with Gasteiger partial charge in [0.1, 0.15) is 0 Å². The summed E-state index contributed by atoms with van der Waals surface area (Å²) in [6.07, 6.45) is 3.38. The van der Waals surface area contributed by atoms with Crippen molar-refractivity contribution in [3.8, 4) is 0 Å². The first kappa shape index (κ1) is 16.6. The third-order valence-electron chi connectivity index (χ3n) is 4.89. The second-order valence-electron chi connectivity index (χ2n) is 6.93. The molecule has 0 radical (unpaired) electrons. The SMILES string of the molecule is CC1CCN(C(=O)N2CCCN(CC(C)CN)CC2)CC1. The van der Waals surface area contributed by atoms with Gasteiger partial charge >= 0.3 is 6.03 Å². The Morgan fingerprint density at radius 2 is 1.76 bits per heavy atom. The first-order valence-corrected chi connectivity index (χ1v) is 8.56. The number of carbonyl (C=O) groups excluding carboxylic acids is 1. The van der Waals surface area contributed by atoms with Gasteiger partial charge in [-0.2, -0.15) is 0 Å². The average molecular weight is 296 g/mol. The van der Waals surface area contributed by atoms with E-state index in [2.05, 4.69) is 28.5 Å². The molecule has 2 rings (SSSR count). The number of nitrogens with zero attached hydrogens (tertiary/aromatic N) is 3. The first-order chi connectivity index (χ1) is 10.1. The van der Waals surface area contributed by atoms with Gasteiger partial charge in [-0.15, -0.1) is 0 Å². The molecule has 1 atom stereocenters. The molecule has 122 valence electrons. The molecular weight excluding hydrogens is 264 g/mol. The minimum Gasteiger partial charge on any atom is -0.330 e. The Balaban J connectivity index is 1.80. The summed E-state index contributed by atoms with van der Waals surface area (Å²) in [6, 6.07) is 0.260. The molecule has 2 heterocycles. The molecule has 0 aromatic carbocycles. The van der Waals surface area contributed by atoms with Crippen molar-refractivity contribution in [2.75, 3.05) is 52.4 Å². The highest BCUT2D eigenvalue weighted by Gasteiger charge is 2.26. The Kier molecular flexibility index (Phi) is 6.30. The van der Waals surface area contributed by atoms with Crippen LogP contribution in [-0.2, 0) is 0 Å². The summed E-state index contributed by atoms with van der Waals surface area (Å²) in [7, 11) is 0. The Labute approximate surface area is 129 Å². The van der Waals surface area contributed by atoms with Gasteiger partial charge in [0.05, 0.1) is 0 Å². The van der Waals surface area contributed by atoms with Crippen LogP contribution in [0.3, 0.4) is 0 Å². The molecule has 2 fully saturated rings. The molecular formula is C16H32N4O. The summed E-state index contributed by atoms with van der Waals surface area (Å²) in [5.74, 6) is 1.31. The Morgan fingerprint density at radius 3 is 2.43 bits per heavy atom. The van der Waals surface area contributed by atoms with E-state index in [0.29, 0.717) is 5.92 Å². The number of urea groups is 1. The van der Waals surface area contributed by atoms with Crippen LogP contribution in [0.5, 0.6) is 0 Å². The Morgan fingerprint density at radius 1 is 1.10 bits per heavy atom. The molecule has 1 unspecified atom stereocenters. The second kappa shape index (κ2) is 7.99. The van der Waals surface area contributed by atoms with E-state index < -0.39 is 0 Å². The van der Waals surface area contributed by atoms with E-state index in [9.17, 15) is 4.79 Å². The largest absolute Gasteiger partial charge is 0.330 e. The summed E-state index contributed by atoms with van der Waals surface area (Å²) in [5, 5.41) is 0. The summed E-state index contributed by atoms with van der Waals surface area (Å²) in [5.41, 5.74) is 5.71. The van der Waals surface area contributed by atoms with E-state index in [1.54, 1.807) is 0 Å². The lowest BCUT2D eigenvalue weighted by atomic mass is 9.99. The molecule has 21 heavy (non-hydrogen) atoms. The van der Waals surface area contributed by atoms with E-state index in [1.165, 1.54) is 0 Å². The summed E-state index contributed by atoms with van der Waals surface area (Å²) < 4.78 is 0. The smallest absolute Gasteiger partial charge is 0.320 e. The normalized spacial score (nSPS) is 24.0. The molecule has 2 amide bonds. The van der Waals surface area contributed by atoms with Crippen LogP contribution in [0, 0.1) is 11.8 Å². The number of carbonyl (C=O) groups is 1. The van der Waals surface area contributed by atoms with Gasteiger partial charge in [-0.05, 0) is 44.2 Å². The molecule has 5 heteroatoms. The lowest BCUT2D eigenvalue weighted by Crippen LogP contribution is -2.47. The Bertz CT molecular complexity index is 328. The van der Waals surface area contributed by atoms with E-state index in [4.69, 9.17) is 5.73 Å². The van der Waals surface area contributed by atoms with Gasteiger partial charge in [0.25, 0.3) is 0 Å². The fourth-order valence-electron chi connectivity index (χ4n) is 3.26. The van der Waals surface area contributed by atoms with Gasteiger partial charge in [0.15, 0.2) is 0 Å². The number of amides is 2. The summed E-state index contributed by atoms with van der Waals surface area (Å²) in [4.78, 5) is 19.2. The highest BCUT2D eigenvalue weighted by molar-refractivity contribution is 5.74. The molecule has 0 spiro atoms. The molecule has 2 aliphatic rings. The van der Waals surface area contributed by atoms with Crippen molar-refractivity contribution >= 4 is 6.03 Å². The van der Waals surface area contributed by atoms with Crippen molar-refractivity contribution in [2.24, 2.45) is 17.6 Å². The zero-order chi connectivity index (χ0) is 15.2. The number of rotatable bonds is 3. The maximum Gasteiger partial charge on any atom is 0.320 e. The van der Waals surface area contributed by atoms with Crippen LogP contribution < -0.4 is 5.73 Å². The van der Waals surface area contributed by atoms with Gasteiger partial charge in [-0.3, -0.25) is 0 Å². The summed E-state index contributed by atoms with van der Waals surface area (Å²) in [6.45, 7) is 12.0. The van der Waals surface area contributed by atoms with Crippen molar-refractivity contribution in [1.29, 1.82) is 0 Å². The molecule has 0 aromatic heterocycles. The quantitative estimate of drug-likeness (QED) is 0.857. The van der Waals surface area contributed by atoms with Crippen LogP contribution in [0.1, 0.15) is 33.1 Å². The van der Waals surface area contributed by atoms with E-state index in [1.807, 2.05) is 0 Å². The highest BCUT2D eigenvalue weighted by Crippen LogP contribution is 2.18. The third-order valence-corrected chi connectivity index (χ3v) is 4.89. The van der Waals surface area contributed by atoms with Crippen molar-refractivity contribution in [1.82, 2.24) is 14.7 Å². The minimum absolute atomic E-state index is 0.260. The number of hydrogen-bond acceptors (Lipinski definition) is 3. The zero-order valence-electron chi connectivity index (χ0n) is 13.8. The van der Waals surface area contributed by atoms with Gasteiger partial charge in [-0.1, -0.05) is 13.8 Å². The molecule has 2 aliphatic heterocycles. The van der Waals surface area contributed by atoms with Crippen LogP contribution in [-0.4, -0.2) is 73.1 Å². The van der Waals surface area contributed by atoms with Crippen molar-refractivity contribution in [2.45, 2.75) is 33.1 Å². The van der Waals surface area contributed by atoms with Crippen LogP contribution in [0.25, 0.3) is 0 Å². The van der Waals surface area contributed by atoms with Crippen molar-refractivity contribution < 1.29 is 4.79 Å². The first-order valence-electron chi connectivity index (χ1n) is 8.56. The number of nitrogens with two attached hydrogens (primary N) is 1. The molecule has 0 bridgehead atoms. The molecule has 2 N–H and O–H groups in total. The van der Waals surface area contributed by atoms with Gasteiger partial charge < -0.3 is 20.4 Å².